The molecule has 0 rings (SSSR count). The Kier molecular flexibility index (Phi) is 25.1. The molecule has 0 amide bonds. The lowest BCUT2D eigenvalue weighted by atomic mass is 10.0. The number of quaternary nitrogens is 1. The summed E-state index contributed by atoms with van der Waals surface area (Å²) >= 11 is 0. The average molecular weight is 554 g/mol. The van der Waals surface area contributed by atoms with Crippen LogP contribution >= 0.6 is 0 Å². The fourth-order valence-electron chi connectivity index (χ4n) is 5.41. The second-order valence-corrected chi connectivity index (χ2v) is 11.4. The lowest BCUT2D eigenvalue weighted by Crippen LogP contribution is -2.53. The molecule has 0 saturated carbocycles. The van der Waals surface area contributed by atoms with E-state index in [0.29, 0.717) is 6.54 Å². The fourth-order valence-corrected chi connectivity index (χ4v) is 5.41. The molecular weight excluding hydrogens is 494 g/mol. The van der Waals surface area contributed by atoms with E-state index in [1.807, 2.05) is 6.08 Å². The van der Waals surface area contributed by atoms with Crippen molar-refractivity contribution in [2.45, 2.75) is 148 Å². The number of hydrogen-bond acceptors (Lipinski definition) is 4. The third-order valence-electron chi connectivity index (χ3n) is 7.93. The van der Waals surface area contributed by atoms with Crippen LogP contribution in [0.15, 0.2) is 12.7 Å². The smallest absolute Gasteiger partial charge is 0.309 e. The molecule has 0 radical (unpaired) electrons. The summed E-state index contributed by atoms with van der Waals surface area (Å²) in [6.07, 6.45) is 27.2. The van der Waals surface area contributed by atoms with Crippen LogP contribution in [0.5, 0.6) is 0 Å². The van der Waals surface area contributed by atoms with Gasteiger partial charge in [0.2, 0.25) is 0 Å². The van der Waals surface area contributed by atoms with Gasteiger partial charge in [0.05, 0.1) is 39.0 Å². The minimum atomic E-state index is -1.18. The Balaban J connectivity index is 3.81. The molecule has 0 bridgehead atoms. The predicted molar refractivity (Wildman–Crippen MR) is 156 cm³/mol. The minimum Gasteiger partial charge on any atom is -0.550 e. The van der Waals surface area contributed by atoms with E-state index in [4.69, 9.17) is 10.2 Å². The van der Waals surface area contributed by atoms with Crippen molar-refractivity contribution in [2.75, 3.05) is 26.2 Å². The molecule has 0 saturated heterocycles. The van der Waals surface area contributed by atoms with Crippen molar-refractivity contribution in [3.63, 3.8) is 0 Å². The van der Waals surface area contributed by atoms with Gasteiger partial charge in [-0.2, -0.15) is 0 Å². The SMILES string of the molecule is C=CCCCCCCCCCCCCCCCCCCCCC[N+](CCC(=O)[O-])(CCC(=O)O)CCC(=O)O. The van der Waals surface area contributed by atoms with E-state index in [9.17, 15) is 19.5 Å². The lowest BCUT2D eigenvalue weighted by Gasteiger charge is -2.38. The van der Waals surface area contributed by atoms with Gasteiger partial charge in [-0.05, 0) is 25.7 Å². The molecule has 7 nitrogen and oxygen atoms in total. The molecule has 0 aliphatic heterocycles. The van der Waals surface area contributed by atoms with Gasteiger partial charge in [-0.1, -0.05) is 109 Å². The van der Waals surface area contributed by atoms with Crippen LogP contribution in [0, 0.1) is 0 Å². The number of carbonyl (C=O) groups excluding carboxylic acids is 1. The highest BCUT2D eigenvalue weighted by Gasteiger charge is 2.28. The normalized spacial score (nSPS) is 11.5. The first-order valence-corrected chi connectivity index (χ1v) is 15.9. The number of carboxylic acids is 3. The van der Waals surface area contributed by atoms with E-state index in [0.717, 1.165) is 25.7 Å². The highest BCUT2D eigenvalue weighted by Crippen LogP contribution is 2.18. The number of hydrogen-bond donors (Lipinski definition) is 2. The first kappa shape index (κ1) is 37.1. The van der Waals surface area contributed by atoms with Gasteiger partial charge < -0.3 is 24.6 Å². The Morgan fingerprint density at radius 3 is 1.13 bits per heavy atom. The van der Waals surface area contributed by atoms with Gasteiger partial charge in [0.25, 0.3) is 0 Å². The Morgan fingerprint density at radius 2 is 0.821 bits per heavy atom. The molecule has 7 heteroatoms. The van der Waals surface area contributed by atoms with Crippen molar-refractivity contribution in [1.29, 1.82) is 0 Å². The van der Waals surface area contributed by atoms with Crippen LogP contribution in [0.4, 0.5) is 0 Å². The zero-order valence-corrected chi connectivity index (χ0v) is 24.9. The molecule has 228 valence electrons. The standard InChI is InChI=1S/C32H59NO6/c1-2-3-4-5-6-7-8-9-10-11-12-13-14-15-16-17-18-19-20-21-22-26-33(27-23-30(34)35,28-24-31(36)37)29-25-32(38)39/h2H,1,3-29H2,(H2-,34,35,36,37,38,39). The first-order chi connectivity index (χ1) is 18.8. The minimum absolute atomic E-state index is 0.0936. The first-order valence-electron chi connectivity index (χ1n) is 15.9. The van der Waals surface area contributed by atoms with E-state index in [1.54, 1.807) is 0 Å². The second-order valence-electron chi connectivity index (χ2n) is 11.4. The van der Waals surface area contributed by atoms with Crippen LogP contribution in [0.25, 0.3) is 0 Å². The summed E-state index contributed by atoms with van der Waals surface area (Å²) in [4.78, 5) is 33.3. The number of carbonyl (C=O) groups is 3. The summed E-state index contributed by atoms with van der Waals surface area (Å²) in [5.74, 6) is -3.07. The number of unbranched alkanes of at least 4 members (excludes halogenated alkanes) is 19. The van der Waals surface area contributed by atoms with Crippen LogP contribution in [0.2, 0.25) is 0 Å². The van der Waals surface area contributed by atoms with Crippen molar-refractivity contribution < 1.29 is 34.2 Å². The van der Waals surface area contributed by atoms with Gasteiger partial charge in [0.15, 0.2) is 0 Å². The van der Waals surface area contributed by atoms with Gasteiger partial charge in [0.1, 0.15) is 0 Å². The van der Waals surface area contributed by atoms with Gasteiger partial charge in [-0.15, -0.1) is 6.58 Å². The average Bonchev–Trinajstić information content (AvgIpc) is 2.90. The maximum absolute atomic E-state index is 11.1. The van der Waals surface area contributed by atoms with Crippen molar-refractivity contribution in [1.82, 2.24) is 0 Å². The number of aliphatic carboxylic acids is 3. The van der Waals surface area contributed by atoms with Crippen LogP contribution in [0.1, 0.15) is 148 Å². The van der Waals surface area contributed by atoms with Crippen LogP contribution in [-0.4, -0.2) is 58.8 Å². The summed E-state index contributed by atoms with van der Waals surface area (Å²) in [6.45, 7) is 5.12. The fraction of sp³-hybridized carbons (Fsp3) is 0.844. The summed E-state index contributed by atoms with van der Waals surface area (Å²) < 4.78 is 0.225. The molecule has 0 atom stereocenters. The van der Waals surface area contributed by atoms with Crippen LogP contribution in [0.3, 0.4) is 0 Å². The molecule has 39 heavy (non-hydrogen) atoms. The molecule has 0 heterocycles. The number of rotatable bonds is 31. The molecule has 0 aromatic rings. The highest BCUT2D eigenvalue weighted by molar-refractivity contribution is 5.67. The zero-order valence-electron chi connectivity index (χ0n) is 24.9. The van der Waals surface area contributed by atoms with Crippen molar-refractivity contribution in [3.05, 3.63) is 12.7 Å². The highest BCUT2D eigenvalue weighted by atomic mass is 16.4. The number of allylic oxidation sites excluding steroid dienone is 1. The van der Waals surface area contributed by atoms with Crippen molar-refractivity contribution in [2.24, 2.45) is 0 Å². The van der Waals surface area contributed by atoms with Crippen molar-refractivity contribution in [3.8, 4) is 0 Å². The molecule has 0 aliphatic rings. The quantitative estimate of drug-likeness (QED) is 0.0549. The van der Waals surface area contributed by atoms with E-state index in [2.05, 4.69) is 6.58 Å². The van der Waals surface area contributed by atoms with Crippen LogP contribution in [-0.2, 0) is 14.4 Å². The van der Waals surface area contributed by atoms with Crippen LogP contribution < -0.4 is 5.11 Å². The zero-order chi connectivity index (χ0) is 29.0. The van der Waals surface area contributed by atoms with Gasteiger partial charge in [-0.3, -0.25) is 9.59 Å². The Labute approximate surface area is 238 Å². The molecule has 0 aromatic carbocycles. The van der Waals surface area contributed by atoms with E-state index in [1.165, 1.54) is 103 Å². The maximum Gasteiger partial charge on any atom is 0.309 e. The third-order valence-corrected chi connectivity index (χ3v) is 7.93. The lowest BCUT2D eigenvalue weighted by molar-refractivity contribution is -0.927. The Bertz CT molecular complexity index is 591. The van der Waals surface area contributed by atoms with Gasteiger partial charge >= 0.3 is 11.9 Å². The van der Waals surface area contributed by atoms with E-state index in [-0.39, 0.29) is 43.4 Å². The third kappa shape index (κ3) is 26.1. The monoisotopic (exact) mass is 553 g/mol. The van der Waals surface area contributed by atoms with Gasteiger partial charge in [0, 0.05) is 12.4 Å². The topological polar surface area (TPSA) is 115 Å². The van der Waals surface area contributed by atoms with E-state index < -0.39 is 17.9 Å². The number of carboxylic acid groups (broad SMARTS) is 3. The van der Waals surface area contributed by atoms with E-state index >= 15 is 0 Å². The largest absolute Gasteiger partial charge is 0.550 e. The molecule has 0 aliphatic carbocycles. The van der Waals surface area contributed by atoms with Gasteiger partial charge in [-0.25, -0.2) is 0 Å². The second kappa shape index (κ2) is 26.3. The Hall–Kier alpha value is -1.89. The molecule has 0 aromatic heterocycles. The molecule has 2 N–H and O–H groups in total. The summed E-state index contributed by atoms with van der Waals surface area (Å²) in [6, 6.07) is 0. The molecular formula is C32H59NO6. The summed E-state index contributed by atoms with van der Waals surface area (Å²) in [5.41, 5.74) is 0. The molecule has 0 unspecified atom stereocenters. The maximum atomic E-state index is 11.1. The Morgan fingerprint density at radius 1 is 0.513 bits per heavy atom. The molecule has 0 spiro atoms. The summed E-state index contributed by atoms with van der Waals surface area (Å²) in [7, 11) is 0. The predicted octanol–water partition coefficient (Wildman–Crippen LogP) is 6.88. The van der Waals surface area contributed by atoms with Crippen molar-refractivity contribution >= 4 is 17.9 Å². The number of nitrogens with zero attached hydrogens (tertiary/aromatic N) is 1. The summed E-state index contributed by atoms with van der Waals surface area (Å²) in [5, 5.41) is 29.3. The molecule has 0 fully saturated rings.